The summed E-state index contributed by atoms with van der Waals surface area (Å²) in [6, 6.07) is 5.92. The van der Waals surface area contributed by atoms with Gasteiger partial charge in [0.2, 0.25) is 0 Å². The van der Waals surface area contributed by atoms with Crippen LogP contribution in [0.4, 0.5) is 0 Å². The lowest BCUT2D eigenvalue weighted by molar-refractivity contribution is 0.132. The first-order valence-electron chi connectivity index (χ1n) is 6.81. The van der Waals surface area contributed by atoms with E-state index in [1.165, 1.54) is 0 Å². The Morgan fingerprint density at radius 1 is 1.11 bits per heavy atom. The Bertz CT molecular complexity index is 355. The van der Waals surface area contributed by atoms with Crippen LogP contribution in [0.25, 0.3) is 0 Å². The highest BCUT2D eigenvalue weighted by atomic mass is 16.5. The Kier molecular flexibility index (Phi) is 8.02. The molecule has 0 radical (unpaired) electrons. The van der Waals surface area contributed by atoms with E-state index in [1.807, 2.05) is 18.2 Å². The van der Waals surface area contributed by atoms with Gasteiger partial charge in [-0.25, -0.2) is 0 Å². The predicted octanol–water partition coefficient (Wildman–Crippen LogP) is 2.61. The second-order valence-corrected chi connectivity index (χ2v) is 4.30. The van der Waals surface area contributed by atoms with Crippen molar-refractivity contribution in [3.63, 3.8) is 0 Å². The van der Waals surface area contributed by atoms with Crippen molar-refractivity contribution in [2.24, 2.45) is 0 Å². The van der Waals surface area contributed by atoms with Crippen LogP contribution >= 0.6 is 0 Å². The molecule has 0 aromatic heterocycles. The zero-order chi connectivity index (χ0) is 13.9. The lowest BCUT2D eigenvalue weighted by Crippen LogP contribution is -2.17. The Balaban J connectivity index is 2.33. The summed E-state index contributed by atoms with van der Waals surface area (Å²) < 4.78 is 16.1. The summed E-state index contributed by atoms with van der Waals surface area (Å²) in [5.74, 6) is 1.58. The van der Waals surface area contributed by atoms with Gasteiger partial charge in [0.15, 0.2) is 11.5 Å². The Morgan fingerprint density at radius 3 is 2.63 bits per heavy atom. The third-order valence-electron chi connectivity index (χ3n) is 2.79. The van der Waals surface area contributed by atoms with Crippen molar-refractivity contribution in [3.8, 4) is 11.5 Å². The van der Waals surface area contributed by atoms with E-state index in [0.717, 1.165) is 56.2 Å². The summed E-state index contributed by atoms with van der Waals surface area (Å²) in [6.07, 6.45) is 2.10. The topological polar surface area (TPSA) is 39.7 Å². The number of ether oxygens (including phenoxy) is 3. The van der Waals surface area contributed by atoms with Crippen LogP contribution in [0.3, 0.4) is 0 Å². The first-order valence-corrected chi connectivity index (χ1v) is 6.81. The third kappa shape index (κ3) is 5.49. The van der Waals surface area contributed by atoms with Crippen LogP contribution in [0.1, 0.15) is 25.3 Å². The first kappa shape index (κ1) is 15.8. The molecule has 4 nitrogen and oxygen atoms in total. The number of benzene rings is 1. The van der Waals surface area contributed by atoms with E-state index >= 15 is 0 Å². The van der Waals surface area contributed by atoms with E-state index in [1.54, 1.807) is 14.2 Å². The van der Waals surface area contributed by atoms with Crippen LogP contribution in [0.2, 0.25) is 0 Å². The summed E-state index contributed by atoms with van der Waals surface area (Å²) in [6.45, 7) is 5.49. The normalized spacial score (nSPS) is 10.5. The van der Waals surface area contributed by atoms with Gasteiger partial charge in [-0.3, -0.25) is 0 Å². The van der Waals surface area contributed by atoms with Crippen LogP contribution in [0.15, 0.2) is 18.2 Å². The summed E-state index contributed by atoms with van der Waals surface area (Å²) in [5, 5.41) is 3.39. The summed E-state index contributed by atoms with van der Waals surface area (Å²) in [7, 11) is 3.32. The van der Waals surface area contributed by atoms with E-state index < -0.39 is 0 Å². The molecule has 0 spiro atoms. The van der Waals surface area contributed by atoms with Crippen LogP contribution in [0, 0.1) is 0 Å². The number of hydrogen-bond donors (Lipinski definition) is 1. The van der Waals surface area contributed by atoms with Crippen molar-refractivity contribution in [1.82, 2.24) is 5.32 Å². The van der Waals surface area contributed by atoms with Gasteiger partial charge >= 0.3 is 0 Å². The number of nitrogens with one attached hydrogen (secondary N) is 1. The molecule has 0 bridgehead atoms. The minimum atomic E-state index is 0.771. The molecule has 4 heteroatoms. The van der Waals surface area contributed by atoms with Gasteiger partial charge in [-0.15, -0.1) is 0 Å². The highest BCUT2D eigenvalue weighted by Gasteiger charge is 2.08. The van der Waals surface area contributed by atoms with Gasteiger partial charge in [-0.2, -0.15) is 0 Å². The first-order chi connectivity index (χ1) is 9.33. The van der Waals surface area contributed by atoms with Gasteiger partial charge in [-0.1, -0.05) is 19.1 Å². The average molecular weight is 267 g/mol. The number of methoxy groups -OCH3 is 2. The van der Waals surface area contributed by atoms with E-state index in [9.17, 15) is 0 Å². The van der Waals surface area contributed by atoms with Crippen molar-refractivity contribution in [1.29, 1.82) is 0 Å². The molecule has 0 aliphatic rings. The fourth-order valence-electron chi connectivity index (χ4n) is 1.86. The molecule has 108 valence electrons. The largest absolute Gasteiger partial charge is 0.493 e. The molecule has 0 aliphatic heterocycles. The molecule has 19 heavy (non-hydrogen) atoms. The van der Waals surface area contributed by atoms with Crippen molar-refractivity contribution in [2.75, 3.05) is 34.0 Å². The molecule has 0 saturated carbocycles. The monoisotopic (exact) mass is 267 g/mol. The zero-order valence-corrected chi connectivity index (χ0v) is 12.2. The Morgan fingerprint density at radius 2 is 1.95 bits per heavy atom. The Hall–Kier alpha value is -1.26. The molecule has 0 atom stereocenters. The molecule has 1 aromatic rings. The van der Waals surface area contributed by atoms with Gasteiger partial charge in [0, 0.05) is 25.3 Å². The molecule has 0 heterocycles. The van der Waals surface area contributed by atoms with E-state index in [0.29, 0.717) is 0 Å². The molecular weight excluding hydrogens is 242 g/mol. The van der Waals surface area contributed by atoms with Crippen molar-refractivity contribution in [2.45, 2.75) is 26.3 Å². The molecule has 1 rings (SSSR count). The fraction of sp³-hybridized carbons (Fsp3) is 0.600. The summed E-state index contributed by atoms with van der Waals surface area (Å²) >= 11 is 0. The molecule has 1 aromatic carbocycles. The quantitative estimate of drug-likeness (QED) is 0.661. The minimum absolute atomic E-state index is 0.771. The van der Waals surface area contributed by atoms with Crippen LogP contribution in [0.5, 0.6) is 11.5 Å². The molecule has 0 amide bonds. The molecule has 1 N–H and O–H groups in total. The maximum absolute atomic E-state index is 5.43. The van der Waals surface area contributed by atoms with Gasteiger partial charge in [0.25, 0.3) is 0 Å². The van der Waals surface area contributed by atoms with Crippen LogP contribution in [-0.4, -0.2) is 34.0 Å². The number of hydrogen-bond acceptors (Lipinski definition) is 4. The van der Waals surface area contributed by atoms with Crippen molar-refractivity contribution >= 4 is 0 Å². The Labute approximate surface area is 116 Å². The maximum atomic E-state index is 5.43. The molecule has 0 fully saturated rings. The summed E-state index contributed by atoms with van der Waals surface area (Å²) in [4.78, 5) is 0. The zero-order valence-electron chi connectivity index (χ0n) is 12.2. The van der Waals surface area contributed by atoms with E-state index in [4.69, 9.17) is 14.2 Å². The van der Waals surface area contributed by atoms with Crippen LogP contribution in [-0.2, 0) is 11.3 Å². The van der Waals surface area contributed by atoms with Gasteiger partial charge in [0.05, 0.1) is 14.2 Å². The second kappa shape index (κ2) is 9.64. The smallest absolute Gasteiger partial charge is 0.165 e. The predicted molar refractivity (Wildman–Crippen MR) is 77.0 cm³/mol. The molecule has 0 unspecified atom stereocenters. The van der Waals surface area contributed by atoms with E-state index in [2.05, 4.69) is 12.2 Å². The average Bonchev–Trinajstić information content (AvgIpc) is 2.45. The molecule has 0 saturated heterocycles. The van der Waals surface area contributed by atoms with Crippen molar-refractivity contribution in [3.05, 3.63) is 23.8 Å². The highest BCUT2D eigenvalue weighted by molar-refractivity contribution is 5.46. The lowest BCUT2D eigenvalue weighted by Gasteiger charge is -2.13. The summed E-state index contributed by atoms with van der Waals surface area (Å²) in [5.41, 5.74) is 1.11. The number of rotatable bonds is 10. The maximum Gasteiger partial charge on any atom is 0.165 e. The minimum Gasteiger partial charge on any atom is -0.493 e. The SMILES string of the molecule is CCCOCCCNCc1cccc(OC)c1OC. The highest BCUT2D eigenvalue weighted by Crippen LogP contribution is 2.30. The van der Waals surface area contributed by atoms with Gasteiger partial charge in [0.1, 0.15) is 0 Å². The van der Waals surface area contributed by atoms with Crippen LogP contribution < -0.4 is 14.8 Å². The second-order valence-electron chi connectivity index (χ2n) is 4.30. The molecular formula is C15H25NO3. The number of para-hydroxylation sites is 1. The lowest BCUT2D eigenvalue weighted by atomic mass is 10.2. The van der Waals surface area contributed by atoms with Gasteiger partial charge < -0.3 is 19.5 Å². The van der Waals surface area contributed by atoms with Gasteiger partial charge in [-0.05, 0) is 25.5 Å². The standard InChI is InChI=1S/C15H25NO3/c1-4-10-19-11-6-9-16-12-13-7-5-8-14(17-2)15(13)18-3/h5,7-8,16H,4,6,9-12H2,1-3H3. The van der Waals surface area contributed by atoms with Crippen molar-refractivity contribution < 1.29 is 14.2 Å². The molecule has 0 aliphatic carbocycles. The fourth-order valence-corrected chi connectivity index (χ4v) is 1.86. The van der Waals surface area contributed by atoms with E-state index in [-0.39, 0.29) is 0 Å². The third-order valence-corrected chi connectivity index (χ3v) is 2.79.